The average molecular weight is 230 g/mol. The highest BCUT2D eigenvalue weighted by molar-refractivity contribution is 5.39. The molecule has 3 nitrogen and oxygen atoms in total. The molecule has 0 radical (unpaired) electrons. The van der Waals surface area contributed by atoms with Gasteiger partial charge in [-0.05, 0) is 38.5 Å². The van der Waals surface area contributed by atoms with E-state index in [9.17, 15) is 5.11 Å². The molecule has 2 N–H and O–H groups in total. The number of aromatic hydroxyl groups is 1. The minimum Gasteiger partial charge on any atom is -0.507 e. The SMILES string of the molecule is Cc1cccc(CNn2c(C)ccc2C)c1O. The van der Waals surface area contributed by atoms with Gasteiger partial charge in [-0.3, -0.25) is 4.68 Å². The van der Waals surface area contributed by atoms with Crippen LogP contribution in [0.5, 0.6) is 5.75 Å². The highest BCUT2D eigenvalue weighted by atomic mass is 16.3. The average Bonchev–Trinajstić information content (AvgIpc) is 2.62. The normalized spacial score (nSPS) is 10.5. The number of nitrogens with one attached hydrogen (secondary N) is 1. The molecule has 0 aliphatic heterocycles. The highest BCUT2D eigenvalue weighted by Crippen LogP contribution is 2.21. The number of benzene rings is 1. The Labute approximate surface area is 102 Å². The Morgan fingerprint density at radius 2 is 1.71 bits per heavy atom. The van der Waals surface area contributed by atoms with Crippen LogP contribution in [0.1, 0.15) is 22.5 Å². The zero-order valence-electron chi connectivity index (χ0n) is 10.5. The van der Waals surface area contributed by atoms with Gasteiger partial charge in [-0.1, -0.05) is 18.2 Å². The van der Waals surface area contributed by atoms with Gasteiger partial charge in [0.1, 0.15) is 5.75 Å². The van der Waals surface area contributed by atoms with Gasteiger partial charge in [-0.2, -0.15) is 0 Å². The van der Waals surface area contributed by atoms with Gasteiger partial charge >= 0.3 is 0 Å². The van der Waals surface area contributed by atoms with Crippen molar-refractivity contribution in [1.29, 1.82) is 0 Å². The van der Waals surface area contributed by atoms with Crippen LogP contribution in [0.3, 0.4) is 0 Å². The lowest BCUT2D eigenvalue weighted by atomic mass is 10.1. The van der Waals surface area contributed by atoms with E-state index in [2.05, 4.69) is 31.4 Å². The van der Waals surface area contributed by atoms with Gasteiger partial charge < -0.3 is 10.5 Å². The minimum atomic E-state index is 0.377. The third kappa shape index (κ3) is 2.28. The number of para-hydroxylation sites is 1. The number of phenols is 1. The number of rotatable bonds is 3. The second-order valence-electron chi connectivity index (χ2n) is 4.37. The summed E-state index contributed by atoms with van der Waals surface area (Å²) in [5, 5.41) is 9.92. The third-order valence-corrected chi connectivity index (χ3v) is 3.02. The van der Waals surface area contributed by atoms with Crippen LogP contribution < -0.4 is 5.43 Å². The predicted octanol–water partition coefficient (Wildman–Crippen LogP) is 2.86. The molecule has 0 spiro atoms. The van der Waals surface area contributed by atoms with E-state index in [1.165, 1.54) is 0 Å². The number of aryl methyl sites for hydroxylation is 3. The van der Waals surface area contributed by atoms with Crippen LogP contribution in [0.2, 0.25) is 0 Å². The summed E-state index contributed by atoms with van der Waals surface area (Å²) in [6.45, 7) is 6.63. The van der Waals surface area contributed by atoms with Crippen molar-refractivity contribution in [3.05, 3.63) is 52.8 Å². The number of phenolic OH excluding ortho intramolecular Hbond substituents is 1. The molecular weight excluding hydrogens is 212 g/mol. The van der Waals surface area contributed by atoms with E-state index in [4.69, 9.17) is 0 Å². The Hall–Kier alpha value is -1.90. The summed E-state index contributed by atoms with van der Waals surface area (Å²) in [6.07, 6.45) is 0. The Kier molecular flexibility index (Phi) is 3.09. The molecule has 0 bridgehead atoms. The molecule has 0 aliphatic rings. The fraction of sp³-hybridized carbons (Fsp3) is 0.286. The molecule has 2 rings (SSSR count). The summed E-state index contributed by atoms with van der Waals surface area (Å²) in [5.41, 5.74) is 7.45. The van der Waals surface area contributed by atoms with Gasteiger partial charge in [0.2, 0.25) is 0 Å². The topological polar surface area (TPSA) is 37.2 Å². The summed E-state index contributed by atoms with van der Waals surface area (Å²) in [7, 11) is 0. The molecule has 3 heteroatoms. The van der Waals surface area contributed by atoms with Crippen LogP contribution in [0.15, 0.2) is 30.3 Å². The fourth-order valence-electron chi connectivity index (χ4n) is 1.94. The van der Waals surface area contributed by atoms with Gasteiger partial charge in [-0.25, -0.2) is 0 Å². The first-order valence-corrected chi connectivity index (χ1v) is 5.76. The van der Waals surface area contributed by atoms with Crippen LogP contribution in [0.4, 0.5) is 0 Å². The lowest BCUT2D eigenvalue weighted by Gasteiger charge is -2.14. The van der Waals surface area contributed by atoms with Gasteiger partial charge in [0.25, 0.3) is 0 Å². The van der Waals surface area contributed by atoms with E-state index in [0.717, 1.165) is 22.5 Å². The second-order valence-corrected chi connectivity index (χ2v) is 4.37. The van der Waals surface area contributed by atoms with Gasteiger partial charge in [-0.15, -0.1) is 0 Å². The molecule has 1 aromatic carbocycles. The Morgan fingerprint density at radius 3 is 2.35 bits per heavy atom. The first kappa shape index (κ1) is 11.6. The lowest BCUT2D eigenvalue weighted by Crippen LogP contribution is -2.17. The molecule has 1 aromatic heterocycles. The summed E-state index contributed by atoms with van der Waals surface area (Å²) in [5.74, 6) is 0.377. The van der Waals surface area contributed by atoms with Crippen LogP contribution in [-0.4, -0.2) is 9.78 Å². The molecule has 0 unspecified atom stereocenters. The molecule has 1 heterocycles. The van der Waals surface area contributed by atoms with E-state index >= 15 is 0 Å². The highest BCUT2D eigenvalue weighted by Gasteiger charge is 2.04. The van der Waals surface area contributed by atoms with E-state index in [1.54, 1.807) is 0 Å². The van der Waals surface area contributed by atoms with Gasteiger partial charge in [0, 0.05) is 17.0 Å². The molecule has 0 saturated carbocycles. The van der Waals surface area contributed by atoms with Crippen molar-refractivity contribution in [2.45, 2.75) is 27.3 Å². The van der Waals surface area contributed by atoms with Crippen LogP contribution in [0, 0.1) is 20.8 Å². The number of hydrogen-bond acceptors (Lipinski definition) is 2. The number of hydrogen-bond donors (Lipinski definition) is 2. The molecule has 0 atom stereocenters. The minimum absolute atomic E-state index is 0.377. The molecule has 2 aromatic rings. The Balaban J connectivity index is 2.15. The first-order chi connectivity index (χ1) is 8.09. The number of nitrogens with zero attached hydrogens (tertiary/aromatic N) is 1. The molecule has 0 fully saturated rings. The van der Waals surface area contributed by atoms with Crippen molar-refractivity contribution in [2.24, 2.45) is 0 Å². The Bertz CT molecular complexity index is 510. The Morgan fingerprint density at radius 1 is 1.06 bits per heavy atom. The largest absolute Gasteiger partial charge is 0.507 e. The second kappa shape index (κ2) is 4.53. The van der Waals surface area contributed by atoms with Crippen molar-refractivity contribution in [3.8, 4) is 5.75 Å². The molecule has 0 amide bonds. The maximum atomic E-state index is 9.92. The smallest absolute Gasteiger partial charge is 0.123 e. The number of aromatic nitrogens is 1. The van der Waals surface area contributed by atoms with Crippen LogP contribution in [-0.2, 0) is 6.54 Å². The third-order valence-electron chi connectivity index (χ3n) is 3.02. The maximum absolute atomic E-state index is 9.92. The van der Waals surface area contributed by atoms with Crippen LogP contribution in [0.25, 0.3) is 0 Å². The van der Waals surface area contributed by atoms with E-state index in [1.807, 2.05) is 29.8 Å². The maximum Gasteiger partial charge on any atom is 0.123 e. The van der Waals surface area contributed by atoms with Gasteiger partial charge in [0.05, 0.1) is 6.54 Å². The van der Waals surface area contributed by atoms with Crippen molar-refractivity contribution in [3.63, 3.8) is 0 Å². The van der Waals surface area contributed by atoms with Crippen molar-refractivity contribution >= 4 is 0 Å². The summed E-state index contributed by atoms with van der Waals surface area (Å²) in [6, 6.07) is 9.94. The quantitative estimate of drug-likeness (QED) is 0.850. The van der Waals surface area contributed by atoms with E-state index in [-0.39, 0.29) is 0 Å². The summed E-state index contributed by atoms with van der Waals surface area (Å²) >= 11 is 0. The summed E-state index contributed by atoms with van der Waals surface area (Å²) < 4.78 is 2.03. The first-order valence-electron chi connectivity index (χ1n) is 5.76. The van der Waals surface area contributed by atoms with Crippen molar-refractivity contribution < 1.29 is 5.11 Å². The molecule has 0 saturated heterocycles. The molecular formula is C14H18N2O. The lowest BCUT2D eigenvalue weighted by molar-refractivity contribution is 0.464. The fourth-order valence-corrected chi connectivity index (χ4v) is 1.94. The molecule has 17 heavy (non-hydrogen) atoms. The van der Waals surface area contributed by atoms with Gasteiger partial charge in [0.15, 0.2) is 0 Å². The van der Waals surface area contributed by atoms with Crippen molar-refractivity contribution in [2.75, 3.05) is 5.43 Å². The predicted molar refractivity (Wildman–Crippen MR) is 69.8 cm³/mol. The molecule has 0 aliphatic carbocycles. The summed E-state index contributed by atoms with van der Waals surface area (Å²) in [4.78, 5) is 0. The van der Waals surface area contributed by atoms with Crippen molar-refractivity contribution in [1.82, 2.24) is 4.68 Å². The van der Waals surface area contributed by atoms with E-state index < -0.39 is 0 Å². The van der Waals surface area contributed by atoms with Crippen LogP contribution >= 0.6 is 0 Å². The van der Waals surface area contributed by atoms with E-state index in [0.29, 0.717) is 12.3 Å². The standard InChI is InChI=1S/C14H18N2O/c1-10-5-4-6-13(14(10)17)9-15-16-11(2)7-8-12(16)3/h4-8,15,17H,9H2,1-3H3. The monoisotopic (exact) mass is 230 g/mol. The zero-order chi connectivity index (χ0) is 12.4. The molecule has 90 valence electrons. The zero-order valence-corrected chi connectivity index (χ0v) is 10.5.